The first-order chi connectivity index (χ1) is 7.17. The number of carbonyl (C=O) groups is 2. The third-order valence-corrected chi connectivity index (χ3v) is 3.15. The van der Waals surface area contributed by atoms with Crippen LogP contribution in [0.25, 0.3) is 0 Å². The molecule has 1 saturated heterocycles. The Labute approximate surface area is 87.7 Å². The van der Waals surface area contributed by atoms with E-state index in [2.05, 4.69) is 9.47 Å². The average molecular weight is 214 g/mol. The van der Waals surface area contributed by atoms with Crippen LogP contribution in [-0.4, -0.2) is 38.4 Å². The number of fused-ring (bicyclic) bond motifs is 1. The third-order valence-electron chi connectivity index (χ3n) is 3.15. The van der Waals surface area contributed by atoms with Gasteiger partial charge in [-0.3, -0.25) is 9.59 Å². The zero-order valence-corrected chi connectivity index (χ0v) is 8.76. The van der Waals surface area contributed by atoms with Crippen molar-refractivity contribution in [3.63, 3.8) is 0 Å². The van der Waals surface area contributed by atoms with Gasteiger partial charge in [0, 0.05) is 0 Å². The summed E-state index contributed by atoms with van der Waals surface area (Å²) in [5, 5.41) is 0. The number of carbonyl (C=O) groups excluding carboxylic acids is 2. The van der Waals surface area contributed by atoms with E-state index in [9.17, 15) is 9.59 Å². The highest BCUT2D eigenvalue weighted by Crippen LogP contribution is 2.43. The van der Waals surface area contributed by atoms with Gasteiger partial charge in [-0.25, -0.2) is 0 Å². The Morgan fingerprint density at radius 2 is 1.40 bits per heavy atom. The van der Waals surface area contributed by atoms with Crippen molar-refractivity contribution in [2.45, 2.75) is 25.0 Å². The van der Waals surface area contributed by atoms with Gasteiger partial charge in [0.1, 0.15) is 0 Å². The molecule has 5 nitrogen and oxygen atoms in total. The summed E-state index contributed by atoms with van der Waals surface area (Å²) in [7, 11) is 2.66. The maximum atomic E-state index is 11.5. The molecular formula is C10H14O5. The average Bonchev–Trinajstić information content (AvgIpc) is 3.03. The first kappa shape index (κ1) is 10.4. The number of hydrogen-bond donors (Lipinski definition) is 0. The van der Waals surface area contributed by atoms with Crippen molar-refractivity contribution in [3.8, 4) is 0 Å². The van der Waals surface area contributed by atoms with E-state index in [1.54, 1.807) is 0 Å². The van der Waals surface area contributed by atoms with E-state index in [0.29, 0.717) is 12.8 Å². The highest BCUT2D eigenvalue weighted by atomic mass is 16.6. The normalized spacial score (nSPS) is 37.7. The van der Waals surface area contributed by atoms with Crippen LogP contribution in [0.5, 0.6) is 0 Å². The summed E-state index contributed by atoms with van der Waals surface area (Å²) < 4.78 is 14.7. The smallest absolute Gasteiger partial charge is 0.309 e. The molecule has 0 N–H and O–H groups in total. The number of rotatable bonds is 2. The van der Waals surface area contributed by atoms with E-state index in [1.165, 1.54) is 14.2 Å². The molecule has 0 unspecified atom stereocenters. The van der Waals surface area contributed by atoms with Gasteiger partial charge in [-0.2, -0.15) is 0 Å². The van der Waals surface area contributed by atoms with E-state index >= 15 is 0 Å². The summed E-state index contributed by atoms with van der Waals surface area (Å²) in [5.74, 6) is -1.52. The van der Waals surface area contributed by atoms with Gasteiger partial charge in [-0.1, -0.05) is 0 Å². The molecule has 0 amide bonds. The molecule has 2 aliphatic rings. The van der Waals surface area contributed by atoms with Crippen molar-refractivity contribution in [2.24, 2.45) is 11.8 Å². The molecule has 0 spiro atoms. The van der Waals surface area contributed by atoms with Crippen LogP contribution in [0, 0.1) is 11.8 Å². The Kier molecular flexibility index (Phi) is 2.65. The Bertz CT molecular complexity index is 260. The highest BCUT2D eigenvalue weighted by molar-refractivity contribution is 5.82. The molecule has 4 atom stereocenters. The van der Waals surface area contributed by atoms with Gasteiger partial charge < -0.3 is 14.2 Å². The van der Waals surface area contributed by atoms with E-state index in [0.717, 1.165) is 0 Å². The lowest BCUT2D eigenvalue weighted by molar-refractivity contribution is -0.158. The van der Waals surface area contributed by atoms with Crippen molar-refractivity contribution in [3.05, 3.63) is 0 Å². The van der Waals surface area contributed by atoms with Crippen LogP contribution in [0.1, 0.15) is 12.8 Å². The summed E-state index contributed by atoms with van der Waals surface area (Å²) in [4.78, 5) is 23.0. The molecule has 0 bridgehead atoms. The topological polar surface area (TPSA) is 65.1 Å². The van der Waals surface area contributed by atoms with Crippen LogP contribution < -0.4 is 0 Å². The summed E-state index contributed by atoms with van der Waals surface area (Å²) in [6, 6.07) is 0. The molecule has 15 heavy (non-hydrogen) atoms. The van der Waals surface area contributed by atoms with E-state index in [-0.39, 0.29) is 24.1 Å². The van der Waals surface area contributed by atoms with Gasteiger partial charge in [0.2, 0.25) is 0 Å². The fraction of sp³-hybridized carbons (Fsp3) is 0.800. The van der Waals surface area contributed by atoms with Crippen LogP contribution in [0.2, 0.25) is 0 Å². The van der Waals surface area contributed by atoms with Crippen molar-refractivity contribution in [1.82, 2.24) is 0 Å². The summed E-state index contributed by atoms with van der Waals surface area (Å²) in [6.07, 6.45) is 1.40. The molecule has 84 valence electrons. The quantitative estimate of drug-likeness (QED) is 0.482. The lowest BCUT2D eigenvalue weighted by Gasteiger charge is -2.24. The van der Waals surface area contributed by atoms with Gasteiger partial charge in [0.25, 0.3) is 0 Å². The maximum absolute atomic E-state index is 11.5. The molecule has 0 aromatic rings. The van der Waals surface area contributed by atoms with Gasteiger partial charge in [0.05, 0.1) is 38.3 Å². The van der Waals surface area contributed by atoms with Gasteiger partial charge >= 0.3 is 11.9 Å². The fourth-order valence-electron chi connectivity index (χ4n) is 2.25. The largest absolute Gasteiger partial charge is 0.469 e. The lowest BCUT2D eigenvalue weighted by atomic mass is 9.79. The Morgan fingerprint density at radius 3 is 1.73 bits per heavy atom. The van der Waals surface area contributed by atoms with Crippen LogP contribution in [-0.2, 0) is 23.8 Å². The minimum absolute atomic E-state index is 0.134. The number of methoxy groups -OCH3 is 2. The Hall–Kier alpha value is -1.10. The van der Waals surface area contributed by atoms with Crippen LogP contribution in [0.4, 0.5) is 0 Å². The Morgan fingerprint density at radius 1 is 1.00 bits per heavy atom. The molecule has 0 aromatic heterocycles. The lowest BCUT2D eigenvalue weighted by Crippen LogP contribution is -2.36. The molecule has 1 saturated carbocycles. The number of epoxide rings is 1. The summed E-state index contributed by atoms with van der Waals surface area (Å²) >= 11 is 0. The van der Waals surface area contributed by atoms with Crippen molar-refractivity contribution in [1.29, 1.82) is 0 Å². The SMILES string of the molecule is COC(=O)[C@H]1C[C@@H]2O[C@H]2C[C@@H]1C(=O)OC. The third kappa shape index (κ3) is 1.84. The summed E-state index contributed by atoms with van der Waals surface area (Å²) in [6.45, 7) is 0. The molecular weight excluding hydrogens is 200 g/mol. The van der Waals surface area contributed by atoms with E-state index < -0.39 is 11.8 Å². The van der Waals surface area contributed by atoms with Gasteiger partial charge in [0.15, 0.2) is 0 Å². The highest BCUT2D eigenvalue weighted by Gasteiger charge is 2.53. The van der Waals surface area contributed by atoms with Gasteiger partial charge in [-0.15, -0.1) is 0 Å². The standard InChI is InChI=1S/C10H14O5/c1-13-9(11)5-3-7-8(15-7)4-6(5)10(12)14-2/h5-8H,3-4H2,1-2H3/t5-,6-,7-,8-/m0/s1. The molecule has 1 heterocycles. The predicted octanol–water partition coefficient (Wildman–Crippen LogP) is 0.126. The first-order valence-corrected chi connectivity index (χ1v) is 4.98. The number of esters is 2. The van der Waals surface area contributed by atoms with Crippen molar-refractivity contribution < 1.29 is 23.8 Å². The minimum atomic E-state index is -0.411. The zero-order chi connectivity index (χ0) is 11.0. The fourth-order valence-corrected chi connectivity index (χ4v) is 2.25. The molecule has 5 heteroatoms. The zero-order valence-electron chi connectivity index (χ0n) is 8.76. The number of ether oxygens (including phenoxy) is 3. The van der Waals surface area contributed by atoms with Crippen LogP contribution in [0.3, 0.4) is 0 Å². The van der Waals surface area contributed by atoms with Gasteiger partial charge in [-0.05, 0) is 12.8 Å². The second-order valence-corrected chi connectivity index (χ2v) is 3.94. The number of hydrogen-bond acceptors (Lipinski definition) is 5. The second kappa shape index (κ2) is 3.81. The van der Waals surface area contributed by atoms with E-state index in [4.69, 9.17) is 4.74 Å². The molecule has 1 aliphatic carbocycles. The molecule has 2 rings (SSSR count). The predicted molar refractivity (Wildman–Crippen MR) is 48.9 cm³/mol. The van der Waals surface area contributed by atoms with Crippen molar-refractivity contribution >= 4 is 11.9 Å². The minimum Gasteiger partial charge on any atom is -0.469 e. The van der Waals surface area contributed by atoms with Crippen LogP contribution >= 0.6 is 0 Å². The molecule has 1 aliphatic heterocycles. The van der Waals surface area contributed by atoms with E-state index in [1.807, 2.05) is 0 Å². The monoisotopic (exact) mass is 214 g/mol. The Balaban J connectivity index is 2.09. The first-order valence-electron chi connectivity index (χ1n) is 4.98. The molecule has 0 radical (unpaired) electrons. The van der Waals surface area contributed by atoms with Crippen molar-refractivity contribution in [2.75, 3.05) is 14.2 Å². The van der Waals surface area contributed by atoms with Crippen LogP contribution in [0.15, 0.2) is 0 Å². The molecule has 0 aromatic carbocycles. The second-order valence-electron chi connectivity index (χ2n) is 3.94. The molecule has 2 fully saturated rings. The maximum Gasteiger partial charge on any atom is 0.309 e. The summed E-state index contributed by atoms with van der Waals surface area (Å²) in [5.41, 5.74) is 0.